The Morgan fingerprint density at radius 3 is 2.61 bits per heavy atom. The quantitative estimate of drug-likeness (QED) is 0.651. The van der Waals surface area contributed by atoms with Gasteiger partial charge in [0.25, 0.3) is 0 Å². The number of halogens is 1. The predicted octanol–water partition coefficient (Wildman–Crippen LogP) is 4.50. The molecule has 1 nitrogen and oxygen atoms in total. The lowest BCUT2D eigenvalue weighted by Gasteiger charge is -2.27. The monoisotopic (exact) mass is 250 g/mol. The minimum Gasteiger partial charge on any atom is -0.302 e. The fraction of sp³-hybridized carbons (Fsp3) is 0.562. The molecular formula is C16H23FO. The van der Waals surface area contributed by atoms with Crippen LogP contribution in [0, 0.1) is 11.7 Å². The molecule has 1 rings (SSSR count). The number of hydrogen-bond donors (Lipinski definition) is 0. The van der Waals surface area contributed by atoms with Crippen LogP contribution in [0.25, 0.3) is 0 Å². The molecule has 0 bridgehead atoms. The standard InChI is InChI=1S/C16H23FO/c1-4-5-8-13(2)11-16(3,12-18)14-9-6-7-10-15(14)17/h6-7,9-10,12-13H,4-5,8,11H2,1-3H3. The highest BCUT2D eigenvalue weighted by molar-refractivity contribution is 5.68. The fourth-order valence-electron chi connectivity index (χ4n) is 2.52. The summed E-state index contributed by atoms with van der Waals surface area (Å²) in [5, 5.41) is 0. The molecule has 18 heavy (non-hydrogen) atoms. The molecule has 2 heteroatoms. The van der Waals surface area contributed by atoms with Gasteiger partial charge in [-0.15, -0.1) is 0 Å². The number of unbranched alkanes of at least 4 members (excludes halogenated alkanes) is 1. The molecule has 0 N–H and O–H groups in total. The van der Waals surface area contributed by atoms with Crippen molar-refractivity contribution in [2.24, 2.45) is 5.92 Å². The average molecular weight is 250 g/mol. The van der Waals surface area contributed by atoms with Crippen molar-refractivity contribution in [3.63, 3.8) is 0 Å². The van der Waals surface area contributed by atoms with Gasteiger partial charge >= 0.3 is 0 Å². The molecule has 100 valence electrons. The van der Waals surface area contributed by atoms with E-state index < -0.39 is 5.41 Å². The molecule has 0 aliphatic carbocycles. The first-order chi connectivity index (χ1) is 8.53. The summed E-state index contributed by atoms with van der Waals surface area (Å²) in [7, 11) is 0. The van der Waals surface area contributed by atoms with Crippen molar-refractivity contribution in [2.45, 2.75) is 51.9 Å². The van der Waals surface area contributed by atoms with E-state index in [4.69, 9.17) is 0 Å². The second-order valence-corrected chi connectivity index (χ2v) is 5.47. The Labute approximate surface area is 109 Å². The summed E-state index contributed by atoms with van der Waals surface area (Å²) in [6.45, 7) is 6.13. The van der Waals surface area contributed by atoms with Crippen LogP contribution in [0.1, 0.15) is 52.0 Å². The molecule has 0 spiro atoms. The highest BCUT2D eigenvalue weighted by Gasteiger charge is 2.30. The van der Waals surface area contributed by atoms with Gasteiger partial charge in [-0.3, -0.25) is 0 Å². The smallest absolute Gasteiger partial charge is 0.130 e. The molecule has 0 aromatic heterocycles. The molecule has 0 aliphatic rings. The zero-order valence-corrected chi connectivity index (χ0v) is 11.6. The van der Waals surface area contributed by atoms with Crippen molar-refractivity contribution < 1.29 is 9.18 Å². The Kier molecular flexibility index (Phi) is 5.52. The third-order valence-electron chi connectivity index (χ3n) is 3.57. The second kappa shape index (κ2) is 6.67. The van der Waals surface area contributed by atoms with Crippen molar-refractivity contribution in [1.82, 2.24) is 0 Å². The van der Waals surface area contributed by atoms with Crippen molar-refractivity contribution in [3.8, 4) is 0 Å². The third kappa shape index (κ3) is 3.66. The van der Waals surface area contributed by atoms with Crippen LogP contribution in [-0.4, -0.2) is 6.29 Å². The second-order valence-electron chi connectivity index (χ2n) is 5.47. The van der Waals surface area contributed by atoms with E-state index in [1.165, 1.54) is 6.07 Å². The van der Waals surface area contributed by atoms with Crippen molar-refractivity contribution in [1.29, 1.82) is 0 Å². The Hall–Kier alpha value is -1.18. The summed E-state index contributed by atoms with van der Waals surface area (Å²) in [6, 6.07) is 6.59. The maximum Gasteiger partial charge on any atom is 0.130 e. The van der Waals surface area contributed by atoms with Gasteiger partial charge in [0.1, 0.15) is 12.1 Å². The van der Waals surface area contributed by atoms with Crippen LogP contribution >= 0.6 is 0 Å². The fourth-order valence-corrected chi connectivity index (χ4v) is 2.52. The van der Waals surface area contributed by atoms with Crippen LogP contribution in [0.3, 0.4) is 0 Å². The van der Waals surface area contributed by atoms with Crippen LogP contribution in [0.15, 0.2) is 24.3 Å². The molecule has 1 aromatic carbocycles. The van der Waals surface area contributed by atoms with Gasteiger partial charge < -0.3 is 4.79 Å². The lowest BCUT2D eigenvalue weighted by atomic mass is 9.75. The molecule has 1 aromatic rings. The zero-order valence-electron chi connectivity index (χ0n) is 11.6. The summed E-state index contributed by atoms with van der Waals surface area (Å²) < 4.78 is 13.8. The van der Waals surface area contributed by atoms with E-state index in [1.807, 2.05) is 6.92 Å². The largest absolute Gasteiger partial charge is 0.302 e. The third-order valence-corrected chi connectivity index (χ3v) is 3.57. The normalized spacial score (nSPS) is 16.0. The van der Waals surface area contributed by atoms with Crippen molar-refractivity contribution >= 4 is 6.29 Å². The number of aldehydes is 1. The average Bonchev–Trinajstić information content (AvgIpc) is 2.36. The van der Waals surface area contributed by atoms with Gasteiger partial charge in [0.05, 0.1) is 5.41 Å². The van der Waals surface area contributed by atoms with Gasteiger partial charge in [-0.25, -0.2) is 4.39 Å². The Morgan fingerprint density at radius 2 is 2.06 bits per heavy atom. The van der Waals surface area contributed by atoms with Crippen molar-refractivity contribution in [2.75, 3.05) is 0 Å². The zero-order chi connectivity index (χ0) is 13.6. The van der Waals surface area contributed by atoms with E-state index in [1.54, 1.807) is 18.2 Å². The van der Waals surface area contributed by atoms with E-state index in [2.05, 4.69) is 13.8 Å². The predicted molar refractivity (Wildman–Crippen MR) is 73.1 cm³/mol. The molecule has 0 aliphatic heterocycles. The van der Waals surface area contributed by atoms with Gasteiger partial charge in [-0.1, -0.05) is 51.3 Å². The van der Waals surface area contributed by atoms with E-state index in [0.29, 0.717) is 17.9 Å². The molecule has 0 radical (unpaired) electrons. The summed E-state index contributed by atoms with van der Waals surface area (Å²) in [6.07, 6.45) is 5.01. The number of carbonyl (C=O) groups excluding carboxylic acids is 1. The minimum absolute atomic E-state index is 0.283. The number of hydrogen-bond acceptors (Lipinski definition) is 1. The number of benzene rings is 1. The van der Waals surface area contributed by atoms with Gasteiger partial charge in [0, 0.05) is 5.56 Å². The van der Waals surface area contributed by atoms with Gasteiger partial charge in [0.2, 0.25) is 0 Å². The topological polar surface area (TPSA) is 17.1 Å². The first-order valence-electron chi connectivity index (χ1n) is 6.75. The van der Waals surface area contributed by atoms with Crippen molar-refractivity contribution in [3.05, 3.63) is 35.6 Å². The molecule has 0 amide bonds. The summed E-state index contributed by atoms with van der Waals surface area (Å²) in [5.74, 6) is 0.148. The molecular weight excluding hydrogens is 227 g/mol. The molecule has 0 fully saturated rings. The molecule has 0 saturated heterocycles. The first-order valence-corrected chi connectivity index (χ1v) is 6.75. The van der Waals surface area contributed by atoms with Crippen LogP contribution in [0.5, 0.6) is 0 Å². The lowest BCUT2D eigenvalue weighted by Crippen LogP contribution is -2.27. The van der Waals surface area contributed by atoms with Gasteiger partial charge in [-0.2, -0.15) is 0 Å². The van der Waals surface area contributed by atoms with E-state index in [0.717, 1.165) is 25.5 Å². The summed E-state index contributed by atoms with van der Waals surface area (Å²) in [4.78, 5) is 11.4. The van der Waals surface area contributed by atoms with Crippen LogP contribution in [0.2, 0.25) is 0 Å². The SMILES string of the molecule is CCCCC(C)CC(C)(C=O)c1ccccc1F. The highest BCUT2D eigenvalue weighted by atomic mass is 19.1. The van der Waals surface area contributed by atoms with E-state index in [-0.39, 0.29) is 5.82 Å². The van der Waals surface area contributed by atoms with E-state index in [9.17, 15) is 9.18 Å². The summed E-state index contributed by atoms with van der Waals surface area (Å²) >= 11 is 0. The summed E-state index contributed by atoms with van der Waals surface area (Å²) in [5.41, 5.74) is -0.193. The van der Waals surface area contributed by atoms with Crippen LogP contribution in [-0.2, 0) is 10.2 Å². The molecule has 2 unspecified atom stereocenters. The van der Waals surface area contributed by atoms with E-state index >= 15 is 0 Å². The van der Waals surface area contributed by atoms with Crippen LogP contribution in [0.4, 0.5) is 4.39 Å². The Bertz CT molecular complexity index is 388. The lowest BCUT2D eigenvalue weighted by molar-refractivity contribution is -0.112. The molecule has 0 heterocycles. The van der Waals surface area contributed by atoms with Gasteiger partial charge in [-0.05, 0) is 25.3 Å². The first kappa shape index (κ1) is 14.9. The maximum absolute atomic E-state index is 13.8. The molecule has 0 saturated carbocycles. The Morgan fingerprint density at radius 1 is 1.39 bits per heavy atom. The van der Waals surface area contributed by atoms with Gasteiger partial charge in [0.15, 0.2) is 0 Å². The minimum atomic E-state index is -0.710. The highest BCUT2D eigenvalue weighted by Crippen LogP contribution is 2.32. The maximum atomic E-state index is 13.8. The molecule has 2 atom stereocenters. The Balaban J connectivity index is 2.86. The number of carbonyl (C=O) groups is 1. The van der Waals surface area contributed by atoms with Crippen LogP contribution < -0.4 is 0 Å². The number of rotatable bonds is 7.